The van der Waals surface area contributed by atoms with Crippen molar-refractivity contribution in [3.8, 4) is 0 Å². The predicted octanol–water partition coefficient (Wildman–Crippen LogP) is 3.45. The molecule has 1 aromatic rings. The van der Waals surface area contributed by atoms with Gasteiger partial charge in [0, 0.05) is 4.90 Å². The number of allylic oxidation sites excluding steroid dienone is 2. The molecule has 20 heavy (non-hydrogen) atoms. The zero-order chi connectivity index (χ0) is 15.3. The molecule has 5 heteroatoms. The third kappa shape index (κ3) is 4.80. The molecule has 1 rings (SSSR count). The summed E-state index contributed by atoms with van der Waals surface area (Å²) in [5.74, 6) is 0. The molecule has 0 saturated heterocycles. The van der Waals surface area contributed by atoms with Crippen molar-refractivity contribution in [3.05, 3.63) is 41.5 Å². The number of halogens is 2. The number of rotatable bonds is 6. The van der Waals surface area contributed by atoms with Crippen molar-refractivity contribution < 1.29 is 18.1 Å². The van der Waals surface area contributed by atoms with Crippen LogP contribution in [0.4, 0.5) is 8.78 Å². The van der Waals surface area contributed by atoms with Gasteiger partial charge >= 0.3 is 0 Å². The van der Waals surface area contributed by atoms with Crippen molar-refractivity contribution in [3.63, 3.8) is 0 Å². The molecule has 1 unspecified atom stereocenters. The molecule has 0 aliphatic rings. The molecule has 0 spiro atoms. The van der Waals surface area contributed by atoms with Crippen molar-refractivity contribution in [2.45, 2.75) is 49.9 Å². The average Bonchev–Trinajstić information content (AvgIpc) is 2.38. The molecular formula is C15H20F2O2S. The van der Waals surface area contributed by atoms with E-state index in [0.717, 1.165) is 11.1 Å². The summed E-state index contributed by atoms with van der Waals surface area (Å²) in [7, 11) is -1.67. The maximum absolute atomic E-state index is 12.7. The van der Waals surface area contributed by atoms with E-state index in [2.05, 4.69) is 0 Å². The van der Waals surface area contributed by atoms with Gasteiger partial charge in [0.05, 0.1) is 16.0 Å². The van der Waals surface area contributed by atoms with E-state index in [9.17, 15) is 18.1 Å². The number of alkyl halides is 2. The fraction of sp³-hybridized carbons (Fsp3) is 0.467. The summed E-state index contributed by atoms with van der Waals surface area (Å²) in [4.78, 5) is 0.461. The second kappa shape index (κ2) is 7.64. The zero-order valence-electron chi connectivity index (χ0n) is 11.8. The highest BCUT2D eigenvalue weighted by Crippen LogP contribution is 2.22. The van der Waals surface area contributed by atoms with Gasteiger partial charge < -0.3 is 5.11 Å². The van der Waals surface area contributed by atoms with E-state index in [1.54, 1.807) is 30.3 Å². The quantitative estimate of drug-likeness (QED) is 0.817. The number of hydrogen-bond donors (Lipinski definition) is 1. The van der Waals surface area contributed by atoms with Gasteiger partial charge in [-0.05, 0) is 39.3 Å². The molecule has 0 aliphatic carbocycles. The molecule has 0 bridgehead atoms. The smallest absolute Gasteiger partial charge is 0.265 e. The minimum atomic E-state index is -2.90. The third-order valence-corrected chi connectivity index (χ3v) is 4.68. The second-order valence-corrected chi connectivity index (χ2v) is 6.66. The van der Waals surface area contributed by atoms with E-state index >= 15 is 0 Å². The Morgan fingerprint density at radius 2 is 1.85 bits per heavy atom. The van der Waals surface area contributed by atoms with Gasteiger partial charge in [-0.3, -0.25) is 4.21 Å². The number of aliphatic hydroxyl groups excluding tert-OH is 1. The SMILES string of the molecule is CC(C)=CC[C@H]([C@@H](O)C(F)F)S(=O)c1ccc(C)cc1. The topological polar surface area (TPSA) is 37.3 Å². The van der Waals surface area contributed by atoms with Crippen molar-refractivity contribution >= 4 is 10.8 Å². The van der Waals surface area contributed by atoms with Crippen LogP contribution in [0.2, 0.25) is 0 Å². The Bertz CT molecular complexity index is 479. The molecule has 0 aromatic heterocycles. The van der Waals surface area contributed by atoms with E-state index < -0.39 is 28.6 Å². The first-order valence-corrected chi connectivity index (χ1v) is 7.61. The first-order valence-electron chi connectivity index (χ1n) is 6.39. The first kappa shape index (κ1) is 17.0. The third-order valence-electron chi connectivity index (χ3n) is 2.93. The van der Waals surface area contributed by atoms with Crippen LogP contribution >= 0.6 is 0 Å². The molecular weight excluding hydrogens is 282 g/mol. The molecule has 1 N–H and O–H groups in total. The lowest BCUT2D eigenvalue weighted by atomic mass is 10.1. The molecule has 0 radical (unpaired) electrons. The minimum Gasteiger partial charge on any atom is -0.386 e. The molecule has 0 amide bonds. The maximum Gasteiger partial charge on any atom is 0.265 e. The van der Waals surface area contributed by atoms with Crippen LogP contribution < -0.4 is 0 Å². The summed E-state index contributed by atoms with van der Waals surface area (Å²) in [6.07, 6.45) is -2.91. The Balaban J connectivity index is 3.00. The van der Waals surface area contributed by atoms with E-state index in [1.165, 1.54) is 0 Å². The molecule has 0 fully saturated rings. The fourth-order valence-corrected chi connectivity index (χ4v) is 3.11. The number of hydrogen-bond acceptors (Lipinski definition) is 2. The van der Waals surface area contributed by atoms with Crippen LogP contribution in [0.3, 0.4) is 0 Å². The van der Waals surface area contributed by atoms with Crippen LogP contribution in [0.25, 0.3) is 0 Å². The predicted molar refractivity (Wildman–Crippen MR) is 77.4 cm³/mol. The summed E-state index contributed by atoms with van der Waals surface area (Å²) in [5, 5.41) is 8.61. The lowest BCUT2D eigenvalue weighted by Gasteiger charge is -2.21. The zero-order valence-corrected chi connectivity index (χ0v) is 12.7. The monoisotopic (exact) mass is 302 g/mol. The second-order valence-electron chi connectivity index (χ2n) is 4.99. The number of benzene rings is 1. The Morgan fingerprint density at radius 1 is 1.30 bits per heavy atom. The average molecular weight is 302 g/mol. The van der Waals surface area contributed by atoms with Crippen LogP contribution in [-0.2, 0) is 10.8 Å². The van der Waals surface area contributed by atoms with Gasteiger partial charge in [0.25, 0.3) is 6.43 Å². The van der Waals surface area contributed by atoms with Gasteiger partial charge in [0.2, 0.25) is 0 Å². The molecule has 0 heterocycles. The highest BCUT2D eigenvalue weighted by atomic mass is 32.2. The lowest BCUT2D eigenvalue weighted by Crippen LogP contribution is -2.35. The largest absolute Gasteiger partial charge is 0.386 e. The van der Waals surface area contributed by atoms with E-state index in [1.807, 2.05) is 20.8 Å². The van der Waals surface area contributed by atoms with Gasteiger partial charge in [0.15, 0.2) is 0 Å². The Labute approximate surface area is 121 Å². The summed E-state index contributed by atoms with van der Waals surface area (Å²) < 4.78 is 37.9. The van der Waals surface area contributed by atoms with E-state index in [4.69, 9.17) is 0 Å². The molecule has 3 atom stereocenters. The van der Waals surface area contributed by atoms with E-state index in [-0.39, 0.29) is 6.42 Å². The van der Waals surface area contributed by atoms with Crippen LogP contribution in [0.15, 0.2) is 40.8 Å². The number of aryl methyl sites for hydroxylation is 1. The molecule has 0 saturated carbocycles. The lowest BCUT2D eigenvalue weighted by molar-refractivity contribution is -0.00535. The fourth-order valence-electron chi connectivity index (χ4n) is 1.71. The first-order chi connectivity index (χ1) is 9.32. The minimum absolute atomic E-state index is 0.161. The van der Waals surface area contributed by atoms with Crippen molar-refractivity contribution in [2.75, 3.05) is 0 Å². The van der Waals surface area contributed by atoms with Crippen molar-refractivity contribution in [1.29, 1.82) is 0 Å². The van der Waals surface area contributed by atoms with Gasteiger partial charge in [-0.2, -0.15) is 0 Å². The van der Waals surface area contributed by atoms with Crippen LogP contribution in [-0.4, -0.2) is 27.1 Å². The summed E-state index contributed by atoms with van der Waals surface area (Å²) in [6, 6.07) is 6.86. The van der Waals surface area contributed by atoms with Gasteiger partial charge in [-0.15, -0.1) is 0 Å². The molecule has 112 valence electrons. The summed E-state index contributed by atoms with van der Waals surface area (Å²) in [5.41, 5.74) is 1.94. The Kier molecular flexibility index (Phi) is 6.49. The standard InChI is InChI=1S/C15H20F2O2S/c1-10(2)4-9-13(14(18)15(16)17)20(19)12-7-5-11(3)6-8-12/h4-8,13-15,18H,9H2,1-3H3/t13-,14-,20?/m1/s1. The highest BCUT2D eigenvalue weighted by Gasteiger charge is 2.32. The van der Waals surface area contributed by atoms with Crippen molar-refractivity contribution in [1.82, 2.24) is 0 Å². The Hall–Kier alpha value is -1.07. The number of aliphatic hydroxyl groups is 1. The van der Waals surface area contributed by atoms with Crippen LogP contribution in [0.1, 0.15) is 25.8 Å². The van der Waals surface area contributed by atoms with Crippen LogP contribution in [0, 0.1) is 6.92 Å². The summed E-state index contributed by atoms with van der Waals surface area (Å²) in [6.45, 7) is 5.56. The van der Waals surface area contributed by atoms with Crippen molar-refractivity contribution in [2.24, 2.45) is 0 Å². The normalized spacial score (nSPS) is 15.8. The highest BCUT2D eigenvalue weighted by molar-refractivity contribution is 7.85. The molecule has 2 nitrogen and oxygen atoms in total. The van der Waals surface area contributed by atoms with E-state index in [0.29, 0.717) is 4.90 Å². The van der Waals surface area contributed by atoms with Gasteiger partial charge in [-0.25, -0.2) is 8.78 Å². The summed E-state index contributed by atoms with van der Waals surface area (Å²) >= 11 is 0. The van der Waals surface area contributed by atoms with Gasteiger partial charge in [0.1, 0.15) is 6.10 Å². The molecule has 1 aromatic carbocycles. The van der Waals surface area contributed by atoms with Crippen LogP contribution in [0.5, 0.6) is 0 Å². The van der Waals surface area contributed by atoms with Gasteiger partial charge in [-0.1, -0.05) is 29.3 Å². The maximum atomic E-state index is 12.7. The molecule has 0 aliphatic heterocycles. The Morgan fingerprint density at radius 3 is 2.30 bits per heavy atom.